The average Bonchev–Trinajstić information content (AvgIpc) is 2.19. The second-order valence-electron chi connectivity index (χ2n) is 3.28. The van der Waals surface area contributed by atoms with E-state index in [0.29, 0.717) is 10.6 Å². The lowest BCUT2D eigenvalue weighted by atomic mass is 10.2. The number of carbonyl (C=O) groups is 1. The van der Waals surface area contributed by atoms with Crippen molar-refractivity contribution in [3.63, 3.8) is 0 Å². The number of amides is 2. The second-order valence-corrected chi connectivity index (χ2v) is 5.42. The Morgan fingerprint density at radius 3 is 2.69 bits per heavy atom. The molecular weight excluding hydrogens is 256 g/mol. The Bertz CT molecular complexity index is 584. The molecule has 0 saturated heterocycles. The fourth-order valence-corrected chi connectivity index (χ4v) is 2.66. The van der Waals surface area contributed by atoms with Gasteiger partial charge in [-0.1, -0.05) is 16.1 Å². The molecule has 0 aromatic heterocycles. The maximum absolute atomic E-state index is 11.6. The van der Waals surface area contributed by atoms with E-state index in [1.165, 1.54) is 12.1 Å². The summed E-state index contributed by atoms with van der Waals surface area (Å²) in [5.74, 6) is 0. The number of carbonyl (C=O) groups excluding carboxylic acids is 1. The van der Waals surface area contributed by atoms with Crippen LogP contribution in [-0.4, -0.2) is 24.1 Å². The Morgan fingerprint density at radius 1 is 1.44 bits per heavy atom. The van der Waals surface area contributed by atoms with E-state index in [0.717, 1.165) is 0 Å². The first-order chi connectivity index (χ1) is 7.34. The van der Waals surface area contributed by atoms with Gasteiger partial charge < -0.3 is 5.32 Å². The molecule has 0 unspecified atom stereocenters. The highest BCUT2D eigenvalue weighted by molar-refractivity contribution is 7.89. The summed E-state index contributed by atoms with van der Waals surface area (Å²) in [7, 11) is -4.19. The number of hydroxylamine groups is 1. The molecule has 0 bridgehead atoms. The highest BCUT2D eigenvalue weighted by Crippen LogP contribution is 2.33. The summed E-state index contributed by atoms with van der Waals surface area (Å²) >= 11 is 5.80. The standard InChI is InChI=1S/C8H7ClN2O4S/c1-4-2-7-6(3-5(4)9)10-8(12)11(13)16(7,14)15/h2-3,13H,1H3,(H,10,12). The van der Waals surface area contributed by atoms with Crippen LogP contribution in [0.3, 0.4) is 0 Å². The van der Waals surface area contributed by atoms with Crippen LogP contribution in [-0.2, 0) is 10.0 Å². The third kappa shape index (κ3) is 1.44. The molecule has 0 radical (unpaired) electrons. The van der Waals surface area contributed by atoms with Gasteiger partial charge in [-0.15, -0.1) is 0 Å². The van der Waals surface area contributed by atoms with Gasteiger partial charge >= 0.3 is 6.03 Å². The summed E-state index contributed by atoms with van der Waals surface area (Å²) in [6.07, 6.45) is 0. The Morgan fingerprint density at radius 2 is 2.06 bits per heavy atom. The molecule has 1 aromatic rings. The first-order valence-electron chi connectivity index (χ1n) is 4.19. The summed E-state index contributed by atoms with van der Waals surface area (Å²) in [4.78, 5) is 10.9. The summed E-state index contributed by atoms with van der Waals surface area (Å²) in [5.41, 5.74) is 0.597. The number of fused-ring (bicyclic) bond motifs is 1. The van der Waals surface area contributed by atoms with E-state index < -0.39 is 16.1 Å². The van der Waals surface area contributed by atoms with Crippen molar-refractivity contribution in [3.8, 4) is 0 Å². The van der Waals surface area contributed by atoms with E-state index >= 15 is 0 Å². The lowest BCUT2D eigenvalue weighted by molar-refractivity contribution is 0.0468. The van der Waals surface area contributed by atoms with Gasteiger partial charge in [0, 0.05) is 5.02 Å². The van der Waals surface area contributed by atoms with Crippen molar-refractivity contribution in [2.45, 2.75) is 11.8 Å². The summed E-state index contributed by atoms with van der Waals surface area (Å²) < 4.78 is 23.0. The van der Waals surface area contributed by atoms with E-state index in [1.54, 1.807) is 6.92 Å². The van der Waals surface area contributed by atoms with Crippen LogP contribution in [0.15, 0.2) is 17.0 Å². The monoisotopic (exact) mass is 262 g/mol. The van der Waals surface area contributed by atoms with Crippen LogP contribution in [0, 0.1) is 6.92 Å². The molecule has 0 fully saturated rings. The SMILES string of the molecule is Cc1cc2c(cc1Cl)NC(=O)N(O)S2(=O)=O. The third-order valence-electron chi connectivity index (χ3n) is 2.18. The van der Waals surface area contributed by atoms with Crippen LogP contribution >= 0.6 is 11.6 Å². The van der Waals surface area contributed by atoms with Gasteiger partial charge in [0.05, 0.1) is 5.69 Å². The maximum atomic E-state index is 11.6. The summed E-state index contributed by atoms with van der Waals surface area (Å²) in [6.45, 7) is 1.62. The smallest absolute Gasteiger partial charge is 0.304 e. The number of nitrogens with zero attached hydrogens (tertiary/aromatic N) is 1. The molecule has 2 rings (SSSR count). The molecule has 6 nitrogen and oxygen atoms in total. The van der Waals surface area contributed by atoms with Crippen molar-refractivity contribution in [3.05, 3.63) is 22.7 Å². The van der Waals surface area contributed by atoms with E-state index in [1.807, 2.05) is 0 Å². The lowest BCUT2D eigenvalue weighted by Gasteiger charge is -2.24. The molecule has 0 aliphatic carbocycles. The molecule has 1 aliphatic rings. The van der Waals surface area contributed by atoms with Crippen LogP contribution < -0.4 is 5.32 Å². The molecule has 0 atom stereocenters. The van der Waals surface area contributed by atoms with E-state index in [2.05, 4.69) is 5.32 Å². The fourth-order valence-electron chi connectivity index (χ4n) is 1.33. The van der Waals surface area contributed by atoms with Gasteiger partial charge in [0.1, 0.15) is 4.90 Å². The summed E-state index contributed by atoms with van der Waals surface area (Å²) in [6, 6.07) is 1.48. The Balaban J connectivity index is 2.76. The van der Waals surface area contributed by atoms with Crippen LogP contribution in [0.1, 0.15) is 5.56 Å². The van der Waals surface area contributed by atoms with Crippen LogP contribution in [0.25, 0.3) is 0 Å². The molecule has 86 valence electrons. The van der Waals surface area contributed by atoms with Gasteiger partial charge in [0.15, 0.2) is 0 Å². The molecule has 2 N–H and O–H groups in total. The van der Waals surface area contributed by atoms with Gasteiger partial charge in [-0.25, -0.2) is 4.79 Å². The van der Waals surface area contributed by atoms with Crippen LogP contribution in [0.2, 0.25) is 5.02 Å². The van der Waals surface area contributed by atoms with Crippen molar-refractivity contribution < 1.29 is 18.4 Å². The predicted octanol–water partition coefficient (Wildman–Crippen LogP) is 1.57. The number of aryl methyl sites for hydroxylation is 1. The van der Waals surface area contributed by atoms with Gasteiger partial charge in [-0.2, -0.15) is 8.42 Å². The first-order valence-corrected chi connectivity index (χ1v) is 6.01. The molecule has 8 heteroatoms. The number of benzene rings is 1. The highest BCUT2D eigenvalue weighted by Gasteiger charge is 2.36. The van der Waals surface area contributed by atoms with Gasteiger partial charge in [0.2, 0.25) is 0 Å². The zero-order chi connectivity index (χ0) is 12.1. The van der Waals surface area contributed by atoms with E-state index in [-0.39, 0.29) is 15.1 Å². The van der Waals surface area contributed by atoms with E-state index in [9.17, 15) is 13.2 Å². The molecule has 1 aliphatic heterocycles. The summed E-state index contributed by atoms with van der Waals surface area (Å²) in [5, 5.41) is 11.7. The van der Waals surface area contributed by atoms with Crippen molar-refractivity contribution in [1.82, 2.24) is 4.47 Å². The Hall–Kier alpha value is -1.31. The minimum Gasteiger partial charge on any atom is -0.304 e. The predicted molar refractivity (Wildman–Crippen MR) is 56.0 cm³/mol. The number of hydrogen-bond donors (Lipinski definition) is 2. The Labute approximate surface area is 96.4 Å². The topological polar surface area (TPSA) is 86.7 Å². The molecule has 16 heavy (non-hydrogen) atoms. The zero-order valence-electron chi connectivity index (χ0n) is 8.06. The number of nitrogens with one attached hydrogen (secondary N) is 1. The minimum atomic E-state index is -4.19. The van der Waals surface area contributed by atoms with Crippen molar-refractivity contribution in [2.75, 3.05) is 5.32 Å². The largest absolute Gasteiger partial charge is 0.360 e. The molecule has 1 aromatic carbocycles. The number of halogens is 1. The number of rotatable bonds is 0. The number of hydrogen-bond acceptors (Lipinski definition) is 4. The zero-order valence-corrected chi connectivity index (χ0v) is 9.63. The van der Waals surface area contributed by atoms with Crippen molar-refractivity contribution in [2.24, 2.45) is 0 Å². The number of anilines is 1. The highest BCUT2D eigenvalue weighted by atomic mass is 35.5. The number of urea groups is 1. The average molecular weight is 263 g/mol. The maximum Gasteiger partial charge on any atom is 0.360 e. The third-order valence-corrected chi connectivity index (χ3v) is 4.10. The second kappa shape index (κ2) is 3.34. The van der Waals surface area contributed by atoms with Crippen molar-refractivity contribution in [1.29, 1.82) is 0 Å². The van der Waals surface area contributed by atoms with Gasteiger partial charge in [-0.3, -0.25) is 5.21 Å². The lowest BCUT2D eigenvalue weighted by Crippen LogP contribution is -2.41. The van der Waals surface area contributed by atoms with Gasteiger partial charge in [-0.05, 0) is 24.6 Å². The van der Waals surface area contributed by atoms with E-state index in [4.69, 9.17) is 16.8 Å². The van der Waals surface area contributed by atoms with Crippen LogP contribution in [0.4, 0.5) is 10.5 Å². The minimum absolute atomic E-state index is 0.0610. The van der Waals surface area contributed by atoms with Gasteiger partial charge in [0.25, 0.3) is 10.0 Å². The Kier molecular flexibility index (Phi) is 2.33. The fraction of sp³-hybridized carbons (Fsp3) is 0.125. The normalized spacial score (nSPS) is 17.9. The quantitative estimate of drug-likeness (QED) is 0.695. The molecular formula is C8H7ClN2O4S. The van der Waals surface area contributed by atoms with Crippen molar-refractivity contribution >= 4 is 33.3 Å². The molecule has 2 amide bonds. The molecule has 0 spiro atoms. The first kappa shape index (κ1) is 11.2. The number of sulfonamides is 1. The molecule has 0 saturated carbocycles. The van der Waals surface area contributed by atoms with Crippen LogP contribution in [0.5, 0.6) is 0 Å². The molecule has 1 heterocycles.